The van der Waals surface area contributed by atoms with Gasteiger partial charge in [-0.15, -0.1) is 0 Å². The van der Waals surface area contributed by atoms with Gasteiger partial charge in [0.25, 0.3) is 5.91 Å². The number of nitrogens with zero attached hydrogens (tertiary/aromatic N) is 3. The summed E-state index contributed by atoms with van der Waals surface area (Å²) in [5.41, 5.74) is 3.94. The minimum Gasteiger partial charge on any atom is -0.444 e. The Kier molecular flexibility index (Phi) is 10.3. The zero-order valence-electron chi connectivity index (χ0n) is 28.8. The lowest BCUT2D eigenvalue weighted by Gasteiger charge is -2.43. The molecule has 0 radical (unpaired) electrons. The topological polar surface area (TPSA) is 87.8 Å². The predicted molar refractivity (Wildman–Crippen MR) is 182 cm³/mol. The Morgan fingerprint density at radius 1 is 1.02 bits per heavy atom. The molecule has 1 aromatic heterocycles. The van der Waals surface area contributed by atoms with Crippen molar-refractivity contribution in [3.8, 4) is 0 Å². The van der Waals surface area contributed by atoms with Crippen LogP contribution in [-0.4, -0.2) is 65.0 Å². The first kappa shape index (κ1) is 34.4. The van der Waals surface area contributed by atoms with Crippen LogP contribution in [0.25, 0.3) is 0 Å². The molecule has 2 aromatic carbocycles. The molecule has 1 N–H and O–H groups in total. The number of likely N-dealkylation sites (tertiary alicyclic amines) is 1. The van der Waals surface area contributed by atoms with E-state index in [1.807, 2.05) is 81.1 Å². The van der Waals surface area contributed by atoms with Crippen LogP contribution >= 0.6 is 0 Å². The molecule has 2 amide bonds. The van der Waals surface area contributed by atoms with Crippen molar-refractivity contribution in [2.75, 3.05) is 7.05 Å². The number of aryl methyl sites for hydroxylation is 1. The minimum atomic E-state index is -2.20. The van der Waals surface area contributed by atoms with E-state index in [0.29, 0.717) is 18.5 Å². The van der Waals surface area contributed by atoms with Crippen LogP contribution in [0.15, 0.2) is 60.7 Å². The first-order valence-corrected chi connectivity index (χ1v) is 19.0. The first-order chi connectivity index (χ1) is 20.9. The van der Waals surface area contributed by atoms with Crippen LogP contribution in [0.1, 0.15) is 93.4 Å². The zero-order valence-corrected chi connectivity index (χ0v) is 29.8. The second-order valence-corrected chi connectivity index (χ2v) is 19.7. The SMILES string of the molecule is Cc1cc(CN(C)C(=O)c2ccc(CC3CCC([C@H](O[Si](C)(C)C(C)(C)C)c4ccccc4)N3C(=O)OC(C)(C)C)cc2)[nH]n1. The van der Waals surface area contributed by atoms with Crippen molar-refractivity contribution < 1.29 is 18.8 Å². The molecule has 0 saturated carbocycles. The highest BCUT2D eigenvalue weighted by atomic mass is 28.4. The molecule has 0 bridgehead atoms. The van der Waals surface area contributed by atoms with Crippen molar-refractivity contribution in [3.05, 3.63) is 88.7 Å². The van der Waals surface area contributed by atoms with E-state index < -0.39 is 13.9 Å². The second-order valence-electron chi connectivity index (χ2n) is 15.0. The van der Waals surface area contributed by atoms with Gasteiger partial charge in [0, 0.05) is 18.7 Å². The molecular weight excluding hydrogens is 581 g/mol. The first-order valence-electron chi connectivity index (χ1n) is 16.0. The summed E-state index contributed by atoms with van der Waals surface area (Å²) >= 11 is 0. The zero-order chi connectivity index (χ0) is 33.2. The van der Waals surface area contributed by atoms with Crippen LogP contribution in [0, 0.1) is 6.92 Å². The maximum absolute atomic E-state index is 13.9. The van der Waals surface area contributed by atoms with Gasteiger partial charge in [-0.3, -0.25) is 14.8 Å². The third kappa shape index (κ3) is 8.64. The Balaban J connectivity index is 1.58. The van der Waals surface area contributed by atoms with Gasteiger partial charge in [0.2, 0.25) is 0 Å². The summed E-state index contributed by atoms with van der Waals surface area (Å²) in [6.07, 6.45) is 1.74. The molecule has 2 unspecified atom stereocenters. The van der Waals surface area contributed by atoms with Crippen molar-refractivity contribution in [2.24, 2.45) is 0 Å². The number of H-pyrrole nitrogens is 1. The van der Waals surface area contributed by atoms with Gasteiger partial charge >= 0.3 is 6.09 Å². The number of hydrogen-bond acceptors (Lipinski definition) is 5. The normalized spacial score (nSPS) is 18.1. The molecule has 244 valence electrons. The van der Waals surface area contributed by atoms with E-state index in [1.54, 1.807) is 11.9 Å². The number of nitrogens with one attached hydrogen (secondary N) is 1. The van der Waals surface area contributed by atoms with Crippen molar-refractivity contribution >= 4 is 20.3 Å². The Bertz CT molecular complexity index is 1440. The average Bonchev–Trinajstić information content (AvgIpc) is 3.56. The van der Waals surface area contributed by atoms with Crippen LogP contribution < -0.4 is 0 Å². The second kappa shape index (κ2) is 13.5. The van der Waals surface area contributed by atoms with Gasteiger partial charge < -0.3 is 14.1 Å². The molecule has 1 fully saturated rings. The molecular formula is C36H52N4O4Si. The van der Waals surface area contributed by atoms with E-state index in [-0.39, 0.29) is 35.2 Å². The standard InChI is InChI=1S/C36H52N4O4Si/c1-25-22-29(38-37-25)24-39(8)33(41)28-18-16-26(17-19-28)23-30-20-21-31(40(30)34(42)43-35(2,3)4)32(27-14-12-11-13-15-27)44-45(9,10)36(5,6)7/h11-19,22,30-32H,20-21,23-24H2,1-10H3,(H,37,38)/t30?,31?,32-/m1/s1. The highest BCUT2D eigenvalue weighted by Gasteiger charge is 2.47. The Morgan fingerprint density at radius 3 is 2.22 bits per heavy atom. The fourth-order valence-corrected chi connectivity index (χ4v) is 6.96. The third-order valence-electron chi connectivity index (χ3n) is 9.04. The van der Waals surface area contributed by atoms with Gasteiger partial charge in [0.15, 0.2) is 8.32 Å². The third-order valence-corrected chi connectivity index (χ3v) is 13.5. The minimum absolute atomic E-state index is 0.0132. The summed E-state index contributed by atoms with van der Waals surface area (Å²) in [6.45, 7) is 19.4. The molecule has 3 atom stereocenters. The van der Waals surface area contributed by atoms with Crippen molar-refractivity contribution in [1.29, 1.82) is 0 Å². The Labute approximate surface area is 270 Å². The van der Waals surface area contributed by atoms with Gasteiger partial charge in [0.1, 0.15) is 5.60 Å². The Hall–Kier alpha value is -3.43. The number of hydrogen-bond donors (Lipinski definition) is 1. The molecule has 0 aliphatic carbocycles. The van der Waals surface area contributed by atoms with E-state index >= 15 is 0 Å². The van der Waals surface area contributed by atoms with Gasteiger partial charge in [-0.05, 0) is 94.4 Å². The smallest absolute Gasteiger partial charge is 0.410 e. The monoisotopic (exact) mass is 632 g/mol. The van der Waals surface area contributed by atoms with Gasteiger partial charge in [-0.1, -0.05) is 63.2 Å². The van der Waals surface area contributed by atoms with Crippen LogP contribution in [0.3, 0.4) is 0 Å². The molecule has 9 heteroatoms. The summed E-state index contributed by atoms with van der Waals surface area (Å²) in [6, 6.07) is 19.8. The molecule has 1 aliphatic heterocycles. The molecule has 1 aliphatic rings. The van der Waals surface area contributed by atoms with Crippen molar-refractivity contribution in [1.82, 2.24) is 20.0 Å². The maximum atomic E-state index is 13.9. The number of benzene rings is 2. The number of carbonyl (C=O) groups excluding carboxylic acids is 2. The highest BCUT2D eigenvalue weighted by Crippen LogP contribution is 2.44. The lowest BCUT2D eigenvalue weighted by molar-refractivity contribution is -0.00239. The van der Waals surface area contributed by atoms with Crippen molar-refractivity contribution in [2.45, 2.75) is 116 Å². The number of ether oxygens (including phenoxy) is 1. The lowest BCUT2D eigenvalue weighted by Crippen LogP contribution is -2.50. The summed E-state index contributed by atoms with van der Waals surface area (Å²) in [5.74, 6) is -0.0569. The maximum Gasteiger partial charge on any atom is 0.410 e. The van der Waals surface area contributed by atoms with Gasteiger partial charge in [-0.2, -0.15) is 5.10 Å². The highest BCUT2D eigenvalue weighted by molar-refractivity contribution is 6.74. The summed E-state index contributed by atoms with van der Waals surface area (Å²) in [7, 11) is -0.406. The summed E-state index contributed by atoms with van der Waals surface area (Å²) in [5, 5.41) is 7.14. The quantitative estimate of drug-likeness (QED) is 0.241. The largest absolute Gasteiger partial charge is 0.444 e. The number of aromatic amines is 1. The van der Waals surface area contributed by atoms with E-state index in [9.17, 15) is 9.59 Å². The lowest BCUT2D eigenvalue weighted by atomic mass is 10.0. The predicted octanol–water partition coefficient (Wildman–Crippen LogP) is 8.06. The molecule has 4 rings (SSSR count). The number of rotatable bonds is 9. The number of aromatic nitrogens is 2. The summed E-state index contributed by atoms with van der Waals surface area (Å²) in [4.78, 5) is 30.7. The van der Waals surface area contributed by atoms with E-state index in [1.165, 1.54) is 0 Å². The van der Waals surface area contributed by atoms with Gasteiger partial charge in [0.05, 0.1) is 30.1 Å². The fourth-order valence-electron chi connectivity index (χ4n) is 5.68. The van der Waals surface area contributed by atoms with Crippen LogP contribution in [0.2, 0.25) is 18.1 Å². The molecule has 3 aromatic rings. The fraction of sp³-hybridized carbons (Fsp3) is 0.528. The van der Waals surface area contributed by atoms with Crippen LogP contribution in [-0.2, 0) is 22.1 Å². The van der Waals surface area contributed by atoms with Gasteiger partial charge in [-0.25, -0.2) is 4.79 Å². The number of carbonyl (C=O) groups is 2. The van der Waals surface area contributed by atoms with E-state index in [4.69, 9.17) is 9.16 Å². The summed E-state index contributed by atoms with van der Waals surface area (Å²) < 4.78 is 13.1. The molecule has 1 saturated heterocycles. The Morgan fingerprint density at radius 2 is 1.67 bits per heavy atom. The average molecular weight is 633 g/mol. The molecule has 8 nitrogen and oxygen atoms in total. The molecule has 45 heavy (non-hydrogen) atoms. The molecule has 2 heterocycles. The van der Waals surface area contributed by atoms with Crippen LogP contribution in [0.5, 0.6) is 0 Å². The van der Waals surface area contributed by atoms with Crippen LogP contribution in [0.4, 0.5) is 4.79 Å². The number of amides is 2. The van der Waals surface area contributed by atoms with E-state index in [0.717, 1.165) is 35.4 Å². The van der Waals surface area contributed by atoms with Crippen molar-refractivity contribution in [3.63, 3.8) is 0 Å². The molecule has 0 spiro atoms. The van der Waals surface area contributed by atoms with E-state index in [2.05, 4.69) is 56.2 Å².